The molecule has 1 saturated heterocycles. The van der Waals surface area contributed by atoms with Gasteiger partial charge >= 0.3 is 0 Å². The van der Waals surface area contributed by atoms with Crippen LogP contribution in [0.4, 0.5) is 0 Å². The molecule has 2 fully saturated rings. The molecule has 0 aromatic rings. The quantitative estimate of drug-likeness (QED) is 0.728. The third-order valence-corrected chi connectivity index (χ3v) is 3.70. The lowest BCUT2D eigenvalue weighted by atomic mass is 10.1. The molecule has 88 valence electrons. The van der Waals surface area contributed by atoms with Crippen molar-refractivity contribution in [3.8, 4) is 0 Å². The highest BCUT2D eigenvalue weighted by atomic mass is 15.3. The molecule has 1 aliphatic heterocycles. The van der Waals surface area contributed by atoms with Gasteiger partial charge in [0.25, 0.3) is 0 Å². The second-order valence-electron chi connectivity index (χ2n) is 5.25. The summed E-state index contributed by atoms with van der Waals surface area (Å²) in [6.07, 6.45) is 4.07. The number of nitrogens with two attached hydrogens (primary N) is 1. The predicted octanol–water partition coefficient (Wildman–Crippen LogP) is 0.751. The Kier molecular flexibility index (Phi) is 4.00. The van der Waals surface area contributed by atoms with Gasteiger partial charge in [0.2, 0.25) is 0 Å². The molecule has 1 saturated carbocycles. The Balaban J connectivity index is 1.64. The smallest absolute Gasteiger partial charge is 0.0113 e. The van der Waals surface area contributed by atoms with Gasteiger partial charge < -0.3 is 10.6 Å². The van der Waals surface area contributed by atoms with Crippen LogP contribution in [0.1, 0.15) is 26.2 Å². The van der Waals surface area contributed by atoms with Crippen LogP contribution in [-0.4, -0.2) is 55.1 Å². The molecule has 0 amide bonds. The lowest BCUT2D eigenvalue weighted by molar-refractivity contribution is 0.114. The van der Waals surface area contributed by atoms with Gasteiger partial charge in [0.1, 0.15) is 0 Å². The molecule has 1 aliphatic carbocycles. The highest BCUT2D eigenvalue weighted by molar-refractivity contribution is 4.87. The van der Waals surface area contributed by atoms with Gasteiger partial charge in [-0.1, -0.05) is 6.92 Å². The van der Waals surface area contributed by atoms with E-state index in [2.05, 4.69) is 16.7 Å². The summed E-state index contributed by atoms with van der Waals surface area (Å²) >= 11 is 0. The maximum atomic E-state index is 5.58. The Labute approximate surface area is 93.6 Å². The summed E-state index contributed by atoms with van der Waals surface area (Å²) in [6.45, 7) is 9.52. The molecular weight excluding hydrogens is 186 g/mol. The molecule has 0 radical (unpaired) electrons. The van der Waals surface area contributed by atoms with Gasteiger partial charge in [-0.3, -0.25) is 4.90 Å². The molecule has 2 N–H and O–H groups in total. The summed E-state index contributed by atoms with van der Waals surface area (Å²) in [7, 11) is 0. The first kappa shape index (κ1) is 11.4. The van der Waals surface area contributed by atoms with E-state index in [1.54, 1.807) is 0 Å². The van der Waals surface area contributed by atoms with E-state index in [0.29, 0.717) is 0 Å². The average molecular weight is 211 g/mol. The maximum Gasteiger partial charge on any atom is 0.0113 e. The monoisotopic (exact) mass is 211 g/mol. The Morgan fingerprint density at radius 3 is 2.40 bits per heavy atom. The Morgan fingerprint density at radius 1 is 1.20 bits per heavy atom. The highest BCUT2D eigenvalue weighted by Gasteiger charge is 2.31. The normalized spacial score (nSPS) is 26.8. The van der Waals surface area contributed by atoms with Crippen LogP contribution in [0.2, 0.25) is 0 Å². The third-order valence-electron chi connectivity index (χ3n) is 3.70. The van der Waals surface area contributed by atoms with Gasteiger partial charge in [-0.25, -0.2) is 0 Å². The molecule has 0 bridgehead atoms. The van der Waals surface area contributed by atoms with Crippen molar-refractivity contribution in [2.45, 2.75) is 32.2 Å². The van der Waals surface area contributed by atoms with E-state index < -0.39 is 0 Å². The minimum Gasteiger partial charge on any atom is -0.330 e. The minimum absolute atomic E-state index is 0.766. The molecule has 15 heavy (non-hydrogen) atoms. The zero-order valence-electron chi connectivity index (χ0n) is 9.99. The maximum absolute atomic E-state index is 5.58. The van der Waals surface area contributed by atoms with Crippen molar-refractivity contribution in [3.05, 3.63) is 0 Å². The first-order valence-corrected chi connectivity index (χ1v) is 6.46. The largest absolute Gasteiger partial charge is 0.330 e. The van der Waals surface area contributed by atoms with Crippen LogP contribution in [-0.2, 0) is 0 Å². The van der Waals surface area contributed by atoms with Gasteiger partial charge in [0, 0.05) is 38.8 Å². The van der Waals surface area contributed by atoms with Crippen LogP contribution in [0.15, 0.2) is 0 Å². The molecule has 3 nitrogen and oxygen atoms in total. The summed E-state index contributed by atoms with van der Waals surface area (Å²) in [5.41, 5.74) is 5.58. The van der Waals surface area contributed by atoms with Gasteiger partial charge in [-0.2, -0.15) is 0 Å². The van der Waals surface area contributed by atoms with Crippen LogP contribution >= 0.6 is 0 Å². The van der Waals surface area contributed by atoms with Crippen molar-refractivity contribution in [2.75, 3.05) is 39.3 Å². The average Bonchev–Trinajstić information content (AvgIpc) is 3.03. The van der Waals surface area contributed by atoms with Gasteiger partial charge in [0.05, 0.1) is 0 Å². The summed E-state index contributed by atoms with van der Waals surface area (Å²) in [6, 6.07) is 0.952. The summed E-state index contributed by atoms with van der Waals surface area (Å²) < 4.78 is 0. The van der Waals surface area contributed by atoms with E-state index >= 15 is 0 Å². The number of nitrogens with zero attached hydrogens (tertiary/aromatic N) is 2. The fraction of sp³-hybridized carbons (Fsp3) is 1.00. The lowest BCUT2D eigenvalue weighted by Gasteiger charge is -2.36. The van der Waals surface area contributed by atoms with E-state index in [0.717, 1.165) is 18.5 Å². The zero-order valence-corrected chi connectivity index (χ0v) is 9.99. The number of piperazine rings is 1. The molecule has 3 heteroatoms. The lowest BCUT2D eigenvalue weighted by Crippen LogP contribution is -2.48. The number of hydrogen-bond donors (Lipinski definition) is 1. The van der Waals surface area contributed by atoms with Crippen LogP contribution in [0.25, 0.3) is 0 Å². The van der Waals surface area contributed by atoms with E-state index in [4.69, 9.17) is 5.73 Å². The molecular formula is C12H25N3. The first-order chi connectivity index (χ1) is 7.29. The summed E-state index contributed by atoms with van der Waals surface area (Å²) in [5.74, 6) is 0.766. The third kappa shape index (κ3) is 3.44. The molecule has 2 aliphatic rings. The van der Waals surface area contributed by atoms with Crippen molar-refractivity contribution in [3.63, 3.8) is 0 Å². The SMILES string of the molecule is CC(CCN)CN1CCN(C2CC2)CC1. The van der Waals surface area contributed by atoms with Crippen molar-refractivity contribution < 1.29 is 0 Å². The van der Waals surface area contributed by atoms with Crippen LogP contribution < -0.4 is 5.73 Å². The van der Waals surface area contributed by atoms with E-state index in [-0.39, 0.29) is 0 Å². The van der Waals surface area contributed by atoms with Gasteiger partial charge in [-0.15, -0.1) is 0 Å². The van der Waals surface area contributed by atoms with E-state index in [1.807, 2.05) is 0 Å². The van der Waals surface area contributed by atoms with Gasteiger partial charge in [-0.05, 0) is 31.7 Å². The van der Waals surface area contributed by atoms with E-state index in [1.165, 1.54) is 52.0 Å². The number of rotatable bonds is 5. The molecule has 0 spiro atoms. The molecule has 1 heterocycles. The zero-order chi connectivity index (χ0) is 10.7. The Bertz CT molecular complexity index is 183. The summed E-state index contributed by atoms with van der Waals surface area (Å²) in [5, 5.41) is 0. The van der Waals surface area contributed by atoms with Crippen LogP contribution in [0, 0.1) is 5.92 Å². The summed E-state index contributed by atoms with van der Waals surface area (Å²) in [4.78, 5) is 5.28. The van der Waals surface area contributed by atoms with Crippen molar-refractivity contribution in [1.29, 1.82) is 0 Å². The first-order valence-electron chi connectivity index (χ1n) is 6.46. The molecule has 0 aromatic carbocycles. The topological polar surface area (TPSA) is 32.5 Å². The van der Waals surface area contributed by atoms with Crippen LogP contribution in [0.3, 0.4) is 0 Å². The fourth-order valence-corrected chi connectivity index (χ4v) is 2.57. The fourth-order valence-electron chi connectivity index (χ4n) is 2.57. The molecule has 1 unspecified atom stereocenters. The van der Waals surface area contributed by atoms with Crippen molar-refractivity contribution >= 4 is 0 Å². The van der Waals surface area contributed by atoms with E-state index in [9.17, 15) is 0 Å². The molecule has 0 aromatic heterocycles. The minimum atomic E-state index is 0.766. The Morgan fingerprint density at radius 2 is 1.87 bits per heavy atom. The predicted molar refractivity (Wildman–Crippen MR) is 63.9 cm³/mol. The standard InChI is InChI=1S/C12H25N3/c1-11(4-5-13)10-14-6-8-15(9-7-14)12-2-3-12/h11-12H,2-10,13H2,1H3. The molecule has 1 atom stereocenters. The Hall–Kier alpha value is -0.120. The van der Waals surface area contributed by atoms with Crippen LogP contribution in [0.5, 0.6) is 0 Å². The van der Waals surface area contributed by atoms with Crippen molar-refractivity contribution in [2.24, 2.45) is 11.7 Å². The molecule has 2 rings (SSSR count). The van der Waals surface area contributed by atoms with Gasteiger partial charge in [0.15, 0.2) is 0 Å². The number of hydrogen-bond acceptors (Lipinski definition) is 3. The van der Waals surface area contributed by atoms with Crippen molar-refractivity contribution in [1.82, 2.24) is 9.80 Å². The second-order valence-corrected chi connectivity index (χ2v) is 5.25. The highest BCUT2D eigenvalue weighted by Crippen LogP contribution is 2.27. The second kappa shape index (κ2) is 5.28.